The Morgan fingerprint density at radius 2 is 2.10 bits per heavy atom. The molecule has 1 unspecified atom stereocenters. The molecule has 21 heavy (non-hydrogen) atoms. The number of hydrogen-bond acceptors (Lipinski definition) is 4. The van der Waals surface area contributed by atoms with Crippen LogP contribution in [0.5, 0.6) is 0 Å². The predicted octanol–water partition coefficient (Wildman–Crippen LogP) is 3.46. The zero-order valence-corrected chi connectivity index (χ0v) is 12.6. The minimum Gasteiger partial charge on any atom is -0.349 e. The summed E-state index contributed by atoms with van der Waals surface area (Å²) in [6, 6.07) is 2.22. The lowest BCUT2D eigenvalue weighted by Crippen LogP contribution is -2.34. The maximum atomic E-state index is 6.22. The Morgan fingerprint density at radius 1 is 1.19 bits per heavy atom. The second kappa shape index (κ2) is 5.30. The molecular formula is C15H18ClN5. The quantitative estimate of drug-likeness (QED) is 0.882. The van der Waals surface area contributed by atoms with Gasteiger partial charge >= 0.3 is 0 Å². The van der Waals surface area contributed by atoms with E-state index in [1.54, 1.807) is 0 Å². The van der Waals surface area contributed by atoms with Gasteiger partial charge in [0.1, 0.15) is 16.8 Å². The average Bonchev–Trinajstić information content (AvgIpc) is 3.22. The van der Waals surface area contributed by atoms with Crippen molar-refractivity contribution in [3.8, 4) is 0 Å². The molecule has 4 rings (SSSR count). The highest BCUT2D eigenvalue weighted by Gasteiger charge is 2.30. The van der Waals surface area contributed by atoms with E-state index in [0.29, 0.717) is 17.1 Å². The van der Waals surface area contributed by atoms with Crippen LogP contribution in [0.4, 0.5) is 5.82 Å². The third-order valence-electron chi connectivity index (χ3n) is 4.34. The Hall–Kier alpha value is -1.62. The van der Waals surface area contributed by atoms with Crippen molar-refractivity contribution >= 4 is 17.4 Å². The fourth-order valence-electron chi connectivity index (χ4n) is 3.09. The summed E-state index contributed by atoms with van der Waals surface area (Å²) in [5.74, 6) is 2.39. The molecule has 3 heterocycles. The molecule has 0 aromatic carbocycles. The van der Waals surface area contributed by atoms with E-state index < -0.39 is 0 Å². The van der Waals surface area contributed by atoms with Gasteiger partial charge in [-0.05, 0) is 32.1 Å². The summed E-state index contributed by atoms with van der Waals surface area (Å²) < 4.78 is 0. The number of aromatic amines is 1. The molecule has 0 spiro atoms. The van der Waals surface area contributed by atoms with Gasteiger partial charge in [-0.2, -0.15) is 5.10 Å². The predicted molar refractivity (Wildman–Crippen MR) is 81.5 cm³/mol. The first kappa shape index (κ1) is 13.1. The summed E-state index contributed by atoms with van der Waals surface area (Å²) in [7, 11) is 0. The standard InChI is InChI=1S/C15H18ClN5/c16-13-7-14(20-15(19-13)10-4-5-10)21-6-2-1-3-12(21)11-8-17-18-9-11/h7-10,12H,1-6H2,(H,17,18). The number of H-pyrrole nitrogens is 1. The molecule has 0 radical (unpaired) electrons. The lowest BCUT2D eigenvalue weighted by molar-refractivity contribution is 0.469. The summed E-state index contributed by atoms with van der Waals surface area (Å²) in [5, 5.41) is 7.56. The highest BCUT2D eigenvalue weighted by atomic mass is 35.5. The number of rotatable bonds is 3. The van der Waals surface area contributed by atoms with Crippen LogP contribution in [0.15, 0.2) is 18.5 Å². The van der Waals surface area contributed by atoms with Gasteiger partial charge in [0.15, 0.2) is 0 Å². The zero-order chi connectivity index (χ0) is 14.2. The number of nitrogens with one attached hydrogen (secondary N) is 1. The molecule has 0 bridgehead atoms. The Bertz CT molecular complexity index is 623. The van der Waals surface area contributed by atoms with Crippen LogP contribution in [0.3, 0.4) is 0 Å². The fraction of sp³-hybridized carbons (Fsp3) is 0.533. The van der Waals surface area contributed by atoms with Crippen LogP contribution in [0.1, 0.15) is 55.5 Å². The molecule has 2 fully saturated rings. The van der Waals surface area contributed by atoms with Crippen LogP contribution in [0.2, 0.25) is 5.15 Å². The Kier molecular flexibility index (Phi) is 3.30. The number of anilines is 1. The normalized spacial score (nSPS) is 22.5. The van der Waals surface area contributed by atoms with Gasteiger partial charge in [0.05, 0.1) is 12.2 Å². The van der Waals surface area contributed by atoms with E-state index in [0.717, 1.165) is 24.6 Å². The van der Waals surface area contributed by atoms with Gasteiger partial charge in [-0.25, -0.2) is 9.97 Å². The molecule has 1 atom stereocenters. The van der Waals surface area contributed by atoms with Crippen LogP contribution < -0.4 is 4.90 Å². The zero-order valence-electron chi connectivity index (χ0n) is 11.8. The molecular weight excluding hydrogens is 286 g/mol. The first-order valence-electron chi connectivity index (χ1n) is 7.61. The molecule has 110 valence electrons. The number of aromatic nitrogens is 4. The summed E-state index contributed by atoms with van der Waals surface area (Å²) in [6.07, 6.45) is 9.81. The van der Waals surface area contributed by atoms with Crippen molar-refractivity contribution in [1.29, 1.82) is 0 Å². The summed E-state index contributed by atoms with van der Waals surface area (Å²) in [6.45, 7) is 1.01. The van der Waals surface area contributed by atoms with Gasteiger partial charge in [-0.1, -0.05) is 11.6 Å². The van der Waals surface area contributed by atoms with E-state index in [2.05, 4.69) is 20.1 Å². The molecule has 1 saturated heterocycles. The van der Waals surface area contributed by atoms with E-state index in [-0.39, 0.29) is 0 Å². The van der Waals surface area contributed by atoms with Crippen molar-refractivity contribution in [2.75, 3.05) is 11.4 Å². The number of nitrogens with zero attached hydrogens (tertiary/aromatic N) is 4. The van der Waals surface area contributed by atoms with Crippen LogP contribution >= 0.6 is 11.6 Å². The lowest BCUT2D eigenvalue weighted by atomic mass is 9.97. The second-order valence-corrected chi connectivity index (χ2v) is 6.31. The van der Waals surface area contributed by atoms with Gasteiger partial charge in [0.25, 0.3) is 0 Å². The van der Waals surface area contributed by atoms with Crippen LogP contribution in [0.25, 0.3) is 0 Å². The van der Waals surface area contributed by atoms with E-state index >= 15 is 0 Å². The van der Waals surface area contributed by atoms with Crippen LogP contribution in [0, 0.1) is 0 Å². The Balaban J connectivity index is 1.69. The first-order chi connectivity index (χ1) is 10.3. The third kappa shape index (κ3) is 2.62. The van der Waals surface area contributed by atoms with Gasteiger partial charge in [0, 0.05) is 30.3 Å². The van der Waals surface area contributed by atoms with Crippen molar-refractivity contribution in [2.45, 2.75) is 44.1 Å². The number of hydrogen-bond donors (Lipinski definition) is 1. The van der Waals surface area contributed by atoms with Crippen molar-refractivity contribution < 1.29 is 0 Å². The van der Waals surface area contributed by atoms with E-state index in [9.17, 15) is 0 Å². The largest absolute Gasteiger partial charge is 0.349 e. The molecule has 2 aromatic rings. The number of piperidine rings is 1. The average molecular weight is 304 g/mol. The van der Waals surface area contributed by atoms with Gasteiger partial charge in [-0.15, -0.1) is 0 Å². The summed E-state index contributed by atoms with van der Waals surface area (Å²) in [5.41, 5.74) is 1.22. The maximum Gasteiger partial charge on any atom is 0.135 e. The van der Waals surface area contributed by atoms with Gasteiger partial charge in [0.2, 0.25) is 0 Å². The molecule has 2 aromatic heterocycles. The molecule has 1 aliphatic heterocycles. The molecule has 1 N–H and O–H groups in total. The number of halogens is 1. The van der Waals surface area contributed by atoms with E-state index in [1.165, 1.54) is 31.2 Å². The van der Waals surface area contributed by atoms with E-state index in [1.807, 2.05) is 18.5 Å². The van der Waals surface area contributed by atoms with E-state index in [4.69, 9.17) is 16.6 Å². The van der Waals surface area contributed by atoms with Crippen LogP contribution in [-0.4, -0.2) is 26.7 Å². The van der Waals surface area contributed by atoms with Gasteiger partial charge in [-0.3, -0.25) is 5.10 Å². The second-order valence-electron chi connectivity index (χ2n) is 5.92. The first-order valence-corrected chi connectivity index (χ1v) is 7.99. The van der Waals surface area contributed by atoms with Crippen molar-refractivity contribution in [3.05, 3.63) is 35.0 Å². The molecule has 1 saturated carbocycles. The van der Waals surface area contributed by atoms with Crippen molar-refractivity contribution in [2.24, 2.45) is 0 Å². The van der Waals surface area contributed by atoms with Crippen molar-refractivity contribution in [3.63, 3.8) is 0 Å². The highest BCUT2D eigenvalue weighted by Crippen LogP contribution is 2.40. The monoisotopic (exact) mass is 303 g/mol. The van der Waals surface area contributed by atoms with Gasteiger partial charge < -0.3 is 4.90 Å². The minimum absolute atomic E-state index is 0.329. The Morgan fingerprint density at radius 3 is 2.86 bits per heavy atom. The Labute approximate surface area is 128 Å². The smallest absolute Gasteiger partial charge is 0.135 e. The maximum absolute atomic E-state index is 6.22. The summed E-state index contributed by atoms with van der Waals surface area (Å²) in [4.78, 5) is 11.5. The topological polar surface area (TPSA) is 57.7 Å². The third-order valence-corrected chi connectivity index (χ3v) is 4.54. The molecule has 5 nitrogen and oxygen atoms in total. The molecule has 2 aliphatic rings. The molecule has 0 amide bonds. The van der Waals surface area contributed by atoms with Crippen molar-refractivity contribution in [1.82, 2.24) is 20.2 Å². The lowest BCUT2D eigenvalue weighted by Gasteiger charge is -2.36. The fourth-order valence-corrected chi connectivity index (χ4v) is 3.27. The highest BCUT2D eigenvalue weighted by molar-refractivity contribution is 6.29. The van der Waals surface area contributed by atoms with Crippen LogP contribution in [-0.2, 0) is 0 Å². The summed E-state index contributed by atoms with van der Waals surface area (Å²) >= 11 is 6.22. The SMILES string of the molecule is Clc1cc(N2CCCCC2c2cn[nH]c2)nc(C2CC2)n1. The molecule has 6 heteroatoms. The minimum atomic E-state index is 0.329. The molecule has 1 aliphatic carbocycles.